The molecule has 1 aliphatic heterocycles. The predicted molar refractivity (Wildman–Crippen MR) is 72.7 cm³/mol. The molecule has 4 nitrogen and oxygen atoms in total. The second-order valence-electron chi connectivity index (χ2n) is 4.92. The Hall–Kier alpha value is -2.10. The van der Waals surface area contributed by atoms with E-state index in [1.807, 2.05) is 53.0 Å². The number of aromatic nitrogens is 2. The molecule has 4 heteroatoms. The zero-order valence-electron chi connectivity index (χ0n) is 11.0. The Morgan fingerprint density at radius 1 is 1.32 bits per heavy atom. The molecule has 2 aromatic heterocycles. The normalized spacial score (nSPS) is 18.8. The van der Waals surface area contributed by atoms with Crippen LogP contribution in [0.25, 0.3) is 0 Å². The number of likely N-dealkylation sites (tertiary alicyclic amines) is 1. The number of carbonyl (C=O) groups is 1. The van der Waals surface area contributed by atoms with E-state index in [0.717, 1.165) is 30.8 Å². The van der Waals surface area contributed by atoms with E-state index in [1.54, 1.807) is 6.20 Å². The van der Waals surface area contributed by atoms with Gasteiger partial charge in [-0.05, 0) is 37.1 Å². The van der Waals surface area contributed by atoms with E-state index >= 15 is 0 Å². The molecule has 1 fully saturated rings. The maximum absolute atomic E-state index is 12.6. The van der Waals surface area contributed by atoms with Gasteiger partial charge in [0.2, 0.25) is 0 Å². The molecule has 2 aromatic rings. The van der Waals surface area contributed by atoms with Gasteiger partial charge in [-0.15, -0.1) is 0 Å². The van der Waals surface area contributed by atoms with Crippen LogP contribution in [0.5, 0.6) is 0 Å². The molecular weight excluding hydrogens is 238 g/mol. The van der Waals surface area contributed by atoms with E-state index in [4.69, 9.17) is 0 Å². The minimum atomic E-state index is 0.0978. The van der Waals surface area contributed by atoms with E-state index in [-0.39, 0.29) is 11.9 Å². The highest BCUT2D eigenvalue weighted by atomic mass is 16.2. The average molecular weight is 255 g/mol. The molecule has 1 amide bonds. The summed E-state index contributed by atoms with van der Waals surface area (Å²) < 4.78 is 1.87. The fraction of sp³-hybridized carbons (Fsp3) is 0.333. The lowest BCUT2D eigenvalue weighted by molar-refractivity contribution is 0.0723. The third-order valence-corrected chi connectivity index (χ3v) is 3.71. The lowest BCUT2D eigenvalue weighted by Crippen LogP contribution is -2.32. The topological polar surface area (TPSA) is 38.1 Å². The Labute approximate surface area is 112 Å². The standard InChI is InChI=1S/C15H17N3O/c1-17-10-4-8-14(17)15(19)18-11-5-7-13(18)12-6-2-3-9-16-12/h2-4,6,8-10,13H,5,7,11H2,1H3. The number of carbonyl (C=O) groups excluding carboxylic acids is 1. The second-order valence-corrected chi connectivity index (χ2v) is 4.92. The van der Waals surface area contributed by atoms with Crippen molar-refractivity contribution in [1.29, 1.82) is 0 Å². The molecule has 98 valence electrons. The Morgan fingerprint density at radius 3 is 2.89 bits per heavy atom. The highest BCUT2D eigenvalue weighted by Crippen LogP contribution is 2.31. The van der Waals surface area contributed by atoms with Gasteiger partial charge in [0.1, 0.15) is 5.69 Å². The minimum absolute atomic E-state index is 0.0978. The molecule has 0 bridgehead atoms. The molecule has 0 aromatic carbocycles. The predicted octanol–water partition coefficient (Wildman–Crippen LogP) is 2.40. The second kappa shape index (κ2) is 4.88. The monoisotopic (exact) mass is 255 g/mol. The summed E-state index contributed by atoms with van der Waals surface area (Å²) in [7, 11) is 1.90. The molecule has 0 radical (unpaired) electrons. The number of hydrogen-bond donors (Lipinski definition) is 0. The first-order chi connectivity index (χ1) is 9.27. The number of aryl methyl sites for hydroxylation is 1. The highest BCUT2D eigenvalue weighted by Gasteiger charge is 2.32. The molecule has 19 heavy (non-hydrogen) atoms. The smallest absolute Gasteiger partial charge is 0.271 e. The Kier molecular flexibility index (Phi) is 3.07. The van der Waals surface area contributed by atoms with Crippen LogP contribution in [0.2, 0.25) is 0 Å². The maximum atomic E-state index is 12.6. The fourth-order valence-electron chi connectivity index (χ4n) is 2.72. The van der Waals surface area contributed by atoms with Gasteiger partial charge in [-0.25, -0.2) is 0 Å². The van der Waals surface area contributed by atoms with Gasteiger partial charge in [0.15, 0.2) is 0 Å². The molecule has 3 heterocycles. The van der Waals surface area contributed by atoms with Gasteiger partial charge in [-0.2, -0.15) is 0 Å². The summed E-state index contributed by atoms with van der Waals surface area (Å²) in [6, 6.07) is 9.77. The maximum Gasteiger partial charge on any atom is 0.271 e. The molecule has 0 saturated carbocycles. The van der Waals surface area contributed by atoms with E-state index in [1.165, 1.54) is 0 Å². The summed E-state index contributed by atoms with van der Waals surface area (Å²) in [5, 5.41) is 0. The number of amides is 1. The van der Waals surface area contributed by atoms with Crippen LogP contribution in [-0.4, -0.2) is 26.9 Å². The van der Waals surface area contributed by atoms with Crippen molar-refractivity contribution in [2.45, 2.75) is 18.9 Å². The van der Waals surface area contributed by atoms with Gasteiger partial charge in [-0.1, -0.05) is 6.07 Å². The first kappa shape index (κ1) is 12.0. The average Bonchev–Trinajstić information content (AvgIpc) is 3.07. The molecule has 0 spiro atoms. The summed E-state index contributed by atoms with van der Waals surface area (Å²) >= 11 is 0. The summed E-state index contributed by atoms with van der Waals surface area (Å²) in [4.78, 5) is 18.9. The van der Waals surface area contributed by atoms with Crippen LogP contribution in [0.4, 0.5) is 0 Å². The van der Waals surface area contributed by atoms with Crippen LogP contribution >= 0.6 is 0 Å². The number of hydrogen-bond acceptors (Lipinski definition) is 2. The van der Waals surface area contributed by atoms with E-state index in [9.17, 15) is 4.79 Å². The molecule has 1 aliphatic rings. The minimum Gasteiger partial charge on any atom is -0.347 e. The summed E-state index contributed by atoms with van der Waals surface area (Å²) in [6.45, 7) is 0.811. The lowest BCUT2D eigenvalue weighted by Gasteiger charge is -2.24. The SMILES string of the molecule is Cn1cccc1C(=O)N1CCCC1c1ccccn1. The molecule has 1 saturated heterocycles. The third kappa shape index (κ3) is 2.14. The van der Waals surface area contributed by atoms with E-state index < -0.39 is 0 Å². The van der Waals surface area contributed by atoms with Crippen LogP contribution in [0, 0.1) is 0 Å². The zero-order valence-corrected chi connectivity index (χ0v) is 11.0. The van der Waals surface area contributed by atoms with Crippen molar-refractivity contribution in [1.82, 2.24) is 14.5 Å². The molecule has 1 atom stereocenters. The van der Waals surface area contributed by atoms with Crippen molar-refractivity contribution in [3.05, 3.63) is 54.1 Å². The van der Waals surface area contributed by atoms with Crippen molar-refractivity contribution in [2.75, 3.05) is 6.54 Å². The Balaban J connectivity index is 1.88. The Morgan fingerprint density at radius 2 is 2.21 bits per heavy atom. The summed E-state index contributed by atoms with van der Waals surface area (Å²) in [5.74, 6) is 0.0978. The summed E-state index contributed by atoms with van der Waals surface area (Å²) in [6.07, 6.45) is 5.72. The van der Waals surface area contributed by atoms with Gasteiger partial charge in [-0.3, -0.25) is 9.78 Å². The van der Waals surface area contributed by atoms with Gasteiger partial charge < -0.3 is 9.47 Å². The van der Waals surface area contributed by atoms with Gasteiger partial charge in [0.25, 0.3) is 5.91 Å². The quantitative estimate of drug-likeness (QED) is 0.826. The molecule has 1 unspecified atom stereocenters. The molecular formula is C15H17N3O. The van der Waals surface area contributed by atoms with Crippen LogP contribution < -0.4 is 0 Å². The first-order valence-corrected chi connectivity index (χ1v) is 6.60. The van der Waals surface area contributed by atoms with Crippen molar-refractivity contribution in [3.8, 4) is 0 Å². The fourth-order valence-corrected chi connectivity index (χ4v) is 2.72. The number of nitrogens with zero attached hydrogens (tertiary/aromatic N) is 3. The molecule has 0 aliphatic carbocycles. The Bertz CT molecular complexity index is 576. The zero-order chi connectivity index (χ0) is 13.2. The van der Waals surface area contributed by atoms with Gasteiger partial charge in [0, 0.05) is 26.0 Å². The van der Waals surface area contributed by atoms with E-state index in [2.05, 4.69) is 4.98 Å². The first-order valence-electron chi connectivity index (χ1n) is 6.60. The summed E-state index contributed by atoms with van der Waals surface area (Å²) in [5.41, 5.74) is 1.73. The van der Waals surface area contributed by atoms with Crippen LogP contribution in [-0.2, 0) is 7.05 Å². The largest absolute Gasteiger partial charge is 0.347 e. The van der Waals surface area contributed by atoms with Gasteiger partial charge >= 0.3 is 0 Å². The number of rotatable bonds is 2. The van der Waals surface area contributed by atoms with Crippen molar-refractivity contribution in [2.24, 2.45) is 7.05 Å². The van der Waals surface area contributed by atoms with Crippen LogP contribution in [0.3, 0.4) is 0 Å². The van der Waals surface area contributed by atoms with Crippen molar-refractivity contribution < 1.29 is 4.79 Å². The van der Waals surface area contributed by atoms with E-state index in [0.29, 0.717) is 0 Å². The van der Waals surface area contributed by atoms with Gasteiger partial charge in [0.05, 0.1) is 11.7 Å². The van der Waals surface area contributed by atoms with Crippen molar-refractivity contribution >= 4 is 5.91 Å². The van der Waals surface area contributed by atoms with Crippen LogP contribution in [0.1, 0.15) is 35.1 Å². The number of pyridine rings is 1. The molecule has 0 N–H and O–H groups in total. The van der Waals surface area contributed by atoms with Crippen LogP contribution in [0.15, 0.2) is 42.7 Å². The van der Waals surface area contributed by atoms with Crippen molar-refractivity contribution in [3.63, 3.8) is 0 Å². The highest BCUT2D eigenvalue weighted by molar-refractivity contribution is 5.93. The third-order valence-electron chi connectivity index (χ3n) is 3.71. The molecule has 3 rings (SSSR count). The lowest BCUT2D eigenvalue weighted by atomic mass is 10.1.